The van der Waals surface area contributed by atoms with Gasteiger partial charge in [-0.1, -0.05) is 0 Å². The van der Waals surface area contributed by atoms with Crippen molar-refractivity contribution in [3.05, 3.63) is 18.1 Å². The van der Waals surface area contributed by atoms with Crippen molar-refractivity contribution in [2.45, 2.75) is 39.2 Å². The Morgan fingerprint density at radius 1 is 1.47 bits per heavy atom. The maximum atomic E-state index is 11.7. The Balaban J connectivity index is 2.70. The number of anilines is 1. The fourth-order valence-corrected chi connectivity index (χ4v) is 1.19. The number of nitrogens with two attached hydrogens (primary N) is 1. The first-order chi connectivity index (χ1) is 8.83. The van der Waals surface area contributed by atoms with Crippen molar-refractivity contribution >= 4 is 11.9 Å². The van der Waals surface area contributed by atoms with Gasteiger partial charge in [-0.15, -0.1) is 0 Å². The molecule has 7 nitrogen and oxygen atoms in total. The Morgan fingerprint density at radius 3 is 2.63 bits per heavy atom. The van der Waals surface area contributed by atoms with Crippen LogP contribution in [0.4, 0.5) is 10.6 Å². The molecule has 0 radical (unpaired) electrons. The van der Waals surface area contributed by atoms with Crippen molar-refractivity contribution in [2.24, 2.45) is 5.84 Å². The van der Waals surface area contributed by atoms with Gasteiger partial charge in [0.1, 0.15) is 5.60 Å². The van der Waals surface area contributed by atoms with Gasteiger partial charge >= 0.3 is 6.09 Å². The van der Waals surface area contributed by atoms with Gasteiger partial charge in [-0.05, 0) is 20.8 Å². The second kappa shape index (κ2) is 6.11. The van der Waals surface area contributed by atoms with E-state index >= 15 is 0 Å². The van der Waals surface area contributed by atoms with Crippen LogP contribution in [0.5, 0.6) is 0 Å². The van der Waals surface area contributed by atoms with Crippen LogP contribution in [0.2, 0.25) is 0 Å². The van der Waals surface area contributed by atoms with Crippen molar-refractivity contribution in [1.82, 2.24) is 9.97 Å². The van der Waals surface area contributed by atoms with Crippen LogP contribution in [0.1, 0.15) is 32.9 Å². The number of hydrogen-bond acceptors (Lipinski definition) is 6. The topological polar surface area (TPSA) is 105 Å². The van der Waals surface area contributed by atoms with Crippen LogP contribution < -0.4 is 10.9 Å². The van der Waals surface area contributed by atoms with E-state index in [1.54, 1.807) is 20.8 Å². The lowest BCUT2D eigenvalue weighted by Crippen LogP contribution is -2.42. The number of rotatable bonds is 3. The van der Waals surface area contributed by atoms with E-state index in [4.69, 9.17) is 15.8 Å². The zero-order valence-corrected chi connectivity index (χ0v) is 11.3. The minimum absolute atomic E-state index is 0.190. The molecule has 1 aromatic rings. The van der Waals surface area contributed by atoms with Gasteiger partial charge in [0.15, 0.2) is 5.82 Å². The van der Waals surface area contributed by atoms with Gasteiger partial charge in [-0.3, -0.25) is 4.98 Å². The highest BCUT2D eigenvalue weighted by Crippen LogP contribution is 2.12. The van der Waals surface area contributed by atoms with Crippen LogP contribution in [0.25, 0.3) is 0 Å². The van der Waals surface area contributed by atoms with E-state index < -0.39 is 11.7 Å². The zero-order chi connectivity index (χ0) is 14.5. The molecule has 0 aromatic carbocycles. The number of hydrogen-bond donors (Lipinski definition) is 1. The summed E-state index contributed by atoms with van der Waals surface area (Å²) in [6.07, 6.45) is 3.03. The molecule has 0 spiro atoms. The van der Waals surface area contributed by atoms with Crippen molar-refractivity contribution < 1.29 is 9.53 Å². The third-order valence-electron chi connectivity index (χ3n) is 2.02. The van der Waals surface area contributed by atoms with E-state index in [2.05, 4.69) is 9.97 Å². The van der Waals surface area contributed by atoms with Gasteiger partial charge in [0.25, 0.3) is 0 Å². The summed E-state index contributed by atoms with van der Waals surface area (Å²) in [6, 6.07) is 2.02. The molecule has 0 saturated carbocycles. The molecule has 0 bridgehead atoms. The smallest absolute Gasteiger partial charge is 0.430 e. The Labute approximate surface area is 112 Å². The molecule has 0 fully saturated rings. The average Bonchev–Trinajstić information content (AvgIpc) is 2.34. The Hall–Kier alpha value is -2.20. The number of amides is 1. The molecule has 1 rings (SSSR count). The summed E-state index contributed by atoms with van der Waals surface area (Å²) in [5, 5.41) is 9.26. The van der Waals surface area contributed by atoms with E-state index in [9.17, 15) is 4.79 Å². The highest BCUT2D eigenvalue weighted by molar-refractivity contribution is 5.84. The first-order valence-electron chi connectivity index (χ1n) is 5.79. The van der Waals surface area contributed by atoms with E-state index in [1.165, 1.54) is 12.4 Å². The lowest BCUT2D eigenvalue weighted by molar-refractivity contribution is 0.0578. The Bertz CT molecular complexity index is 472. The molecule has 7 heteroatoms. The fourth-order valence-electron chi connectivity index (χ4n) is 1.19. The van der Waals surface area contributed by atoms with E-state index in [0.717, 1.165) is 5.01 Å². The minimum Gasteiger partial charge on any atom is -0.442 e. The van der Waals surface area contributed by atoms with Crippen molar-refractivity contribution in [2.75, 3.05) is 5.01 Å². The molecular weight excluding hydrogens is 246 g/mol. The van der Waals surface area contributed by atoms with Crippen LogP contribution in [0.3, 0.4) is 0 Å². The molecule has 1 aromatic heterocycles. The van der Waals surface area contributed by atoms with E-state index in [-0.39, 0.29) is 5.82 Å². The average molecular weight is 263 g/mol. The molecule has 19 heavy (non-hydrogen) atoms. The van der Waals surface area contributed by atoms with Crippen LogP contribution in [-0.4, -0.2) is 21.7 Å². The van der Waals surface area contributed by atoms with Gasteiger partial charge in [0.2, 0.25) is 0 Å². The SMILES string of the molecule is CC(C)(C)OC(=O)N(N)c1cnc(CCC#N)cn1. The van der Waals surface area contributed by atoms with Crippen molar-refractivity contribution in [3.8, 4) is 6.07 Å². The van der Waals surface area contributed by atoms with Crippen LogP contribution in [-0.2, 0) is 11.2 Å². The molecule has 0 saturated heterocycles. The number of hydrazine groups is 1. The maximum Gasteiger partial charge on any atom is 0.430 e. The van der Waals surface area contributed by atoms with Crippen molar-refractivity contribution in [3.63, 3.8) is 0 Å². The molecule has 0 aliphatic rings. The van der Waals surface area contributed by atoms with Crippen molar-refractivity contribution in [1.29, 1.82) is 5.26 Å². The second-order valence-corrected chi connectivity index (χ2v) is 4.87. The summed E-state index contributed by atoms with van der Waals surface area (Å²) in [5.41, 5.74) is 0.0393. The van der Waals surface area contributed by atoms with Crippen LogP contribution in [0.15, 0.2) is 12.4 Å². The molecule has 1 heterocycles. The van der Waals surface area contributed by atoms with Gasteiger partial charge in [-0.25, -0.2) is 15.6 Å². The second-order valence-electron chi connectivity index (χ2n) is 4.87. The van der Waals surface area contributed by atoms with Gasteiger partial charge in [0.05, 0.1) is 24.2 Å². The van der Waals surface area contributed by atoms with Gasteiger partial charge < -0.3 is 4.74 Å². The Morgan fingerprint density at radius 2 is 2.16 bits per heavy atom. The molecule has 2 N–H and O–H groups in total. The first-order valence-corrected chi connectivity index (χ1v) is 5.79. The number of aryl methyl sites for hydroxylation is 1. The fraction of sp³-hybridized carbons (Fsp3) is 0.500. The molecule has 0 aliphatic heterocycles. The molecule has 102 valence electrons. The summed E-state index contributed by atoms with van der Waals surface area (Å²) in [4.78, 5) is 19.8. The summed E-state index contributed by atoms with van der Waals surface area (Å²) < 4.78 is 5.10. The zero-order valence-electron chi connectivity index (χ0n) is 11.3. The third-order valence-corrected chi connectivity index (χ3v) is 2.02. The highest BCUT2D eigenvalue weighted by Gasteiger charge is 2.22. The number of carbonyl (C=O) groups is 1. The molecule has 1 amide bonds. The quantitative estimate of drug-likeness (QED) is 0.504. The molecule has 0 unspecified atom stereocenters. The number of carbonyl (C=O) groups excluding carboxylic acids is 1. The predicted octanol–water partition coefficient (Wildman–Crippen LogP) is 1.55. The monoisotopic (exact) mass is 263 g/mol. The summed E-state index contributed by atoms with van der Waals surface area (Å²) in [6.45, 7) is 5.24. The van der Waals surface area contributed by atoms with Crippen LogP contribution >= 0.6 is 0 Å². The third kappa shape index (κ3) is 4.89. The normalized spacial score (nSPS) is 10.7. The van der Waals surface area contributed by atoms with E-state index in [1.807, 2.05) is 6.07 Å². The lowest BCUT2D eigenvalue weighted by Gasteiger charge is -2.23. The highest BCUT2D eigenvalue weighted by atomic mass is 16.6. The van der Waals surface area contributed by atoms with E-state index in [0.29, 0.717) is 18.5 Å². The molecular formula is C12H17N5O2. The number of nitrogens with zero attached hydrogens (tertiary/aromatic N) is 4. The maximum absolute atomic E-state index is 11.7. The summed E-state index contributed by atoms with van der Waals surface area (Å²) >= 11 is 0. The largest absolute Gasteiger partial charge is 0.442 e. The summed E-state index contributed by atoms with van der Waals surface area (Å²) in [7, 11) is 0. The first kappa shape index (κ1) is 14.9. The predicted molar refractivity (Wildman–Crippen MR) is 68.9 cm³/mol. The van der Waals surface area contributed by atoms with Gasteiger partial charge in [-0.2, -0.15) is 10.3 Å². The minimum atomic E-state index is -0.702. The number of aromatic nitrogens is 2. The molecule has 0 atom stereocenters. The summed E-state index contributed by atoms with van der Waals surface area (Å²) in [5.74, 6) is 5.79. The number of ether oxygens (including phenoxy) is 1. The standard InChI is InChI=1S/C12H17N5O2/c1-12(2,3)19-11(18)17(14)10-8-15-9(7-16-10)5-4-6-13/h7-8H,4-5,14H2,1-3H3. The number of nitriles is 1. The van der Waals surface area contributed by atoms with Crippen LogP contribution in [0, 0.1) is 11.3 Å². The lowest BCUT2D eigenvalue weighted by atomic mass is 10.2. The molecule has 0 aliphatic carbocycles. The van der Waals surface area contributed by atoms with Gasteiger partial charge in [0, 0.05) is 12.8 Å². The Kier molecular flexibility index (Phi) is 4.78.